The van der Waals surface area contributed by atoms with Crippen LogP contribution < -0.4 is 25.3 Å². The summed E-state index contributed by atoms with van der Waals surface area (Å²) in [5.41, 5.74) is 3.02. The second-order valence-corrected chi connectivity index (χ2v) is 13.4. The summed E-state index contributed by atoms with van der Waals surface area (Å²) in [7, 11) is 4.01. The number of ketones is 1. The molecule has 2 aliphatic rings. The quantitative estimate of drug-likeness (QED) is 0.146. The van der Waals surface area contributed by atoms with Crippen LogP contribution in [0.25, 0.3) is 10.9 Å². The highest BCUT2D eigenvalue weighted by Gasteiger charge is 2.40. The van der Waals surface area contributed by atoms with Gasteiger partial charge < -0.3 is 20.3 Å². The Labute approximate surface area is 289 Å². The number of Topliss-reactive ketones (excluding diaryl/α,β-unsaturated/α-hetero) is 1. The third kappa shape index (κ3) is 8.08. The molecule has 49 heavy (non-hydrogen) atoms. The molecular weight excluding hydrogens is 614 g/mol. The molecule has 1 aliphatic heterocycles. The van der Waals surface area contributed by atoms with Crippen molar-refractivity contribution in [2.75, 3.05) is 49.0 Å². The van der Waals surface area contributed by atoms with E-state index in [1.54, 1.807) is 0 Å². The number of ether oxygens (including phenoxy) is 1. The lowest BCUT2D eigenvalue weighted by Gasteiger charge is -2.30. The number of nitrogens with zero attached hydrogens (tertiary/aromatic N) is 5. The zero-order chi connectivity index (χ0) is 34.3. The SMILES string of the molecule is CCOc1ccc(C(=O)CC(CNCC2CCC(Nc3nc(N(C)C)c4ccccc4n3)CC2)C2C(=O)N(c3ccccc3)N=C2C)cc1. The molecule has 3 aromatic carbocycles. The Morgan fingerprint density at radius 3 is 2.39 bits per heavy atom. The Morgan fingerprint density at radius 2 is 1.67 bits per heavy atom. The van der Waals surface area contributed by atoms with Crippen LogP contribution in [0.4, 0.5) is 17.5 Å². The van der Waals surface area contributed by atoms with E-state index in [-0.39, 0.29) is 24.0 Å². The topological polar surface area (TPSA) is 112 Å². The van der Waals surface area contributed by atoms with Gasteiger partial charge in [0.1, 0.15) is 11.6 Å². The zero-order valence-electron chi connectivity index (χ0n) is 28.9. The molecule has 1 aliphatic carbocycles. The van der Waals surface area contributed by atoms with Crippen molar-refractivity contribution in [2.45, 2.75) is 52.0 Å². The van der Waals surface area contributed by atoms with Crippen molar-refractivity contribution in [1.29, 1.82) is 0 Å². The van der Waals surface area contributed by atoms with Crippen LogP contribution >= 0.6 is 0 Å². The first-order valence-electron chi connectivity index (χ1n) is 17.4. The maximum absolute atomic E-state index is 13.8. The van der Waals surface area contributed by atoms with Gasteiger partial charge in [-0.1, -0.05) is 30.3 Å². The molecule has 0 saturated heterocycles. The number of rotatable bonds is 14. The minimum atomic E-state index is -0.478. The molecule has 1 saturated carbocycles. The number of anilines is 3. The number of carbonyl (C=O) groups is 2. The number of hydrogen-bond donors (Lipinski definition) is 2. The smallest absolute Gasteiger partial charge is 0.256 e. The molecule has 2 atom stereocenters. The molecule has 2 N–H and O–H groups in total. The van der Waals surface area contributed by atoms with Gasteiger partial charge in [0, 0.05) is 43.2 Å². The van der Waals surface area contributed by atoms with Crippen LogP contribution in [-0.2, 0) is 4.79 Å². The van der Waals surface area contributed by atoms with Crippen molar-refractivity contribution in [3.63, 3.8) is 0 Å². The Morgan fingerprint density at radius 1 is 0.959 bits per heavy atom. The summed E-state index contributed by atoms with van der Waals surface area (Å²) in [6.07, 6.45) is 4.43. The fourth-order valence-electron chi connectivity index (χ4n) is 7.08. The van der Waals surface area contributed by atoms with Crippen molar-refractivity contribution in [3.05, 3.63) is 84.4 Å². The van der Waals surface area contributed by atoms with Gasteiger partial charge in [-0.05, 0) is 113 Å². The van der Waals surface area contributed by atoms with Crippen LogP contribution in [0.2, 0.25) is 0 Å². The highest BCUT2D eigenvalue weighted by atomic mass is 16.5. The maximum atomic E-state index is 13.8. The number of carbonyl (C=O) groups excluding carboxylic acids is 2. The molecule has 0 spiro atoms. The lowest BCUT2D eigenvalue weighted by molar-refractivity contribution is -0.120. The zero-order valence-corrected chi connectivity index (χ0v) is 28.9. The van der Waals surface area contributed by atoms with Crippen LogP contribution in [0.1, 0.15) is 56.3 Å². The summed E-state index contributed by atoms with van der Waals surface area (Å²) in [5.74, 6) is 2.03. The summed E-state index contributed by atoms with van der Waals surface area (Å²) in [6.45, 7) is 5.77. The molecule has 2 unspecified atom stereocenters. The van der Waals surface area contributed by atoms with E-state index < -0.39 is 5.92 Å². The van der Waals surface area contributed by atoms with Gasteiger partial charge in [-0.2, -0.15) is 10.1 Å². The molecule has 0 radical (unpaired) electrons. The van der Waals surface area contributed by atoms with Crippen LogP contribution in [-0.4, -0.2) is 67.2 Å². The van der Waals surface area contributed by atoms with E-state index in [4.69, 9.17) is 14.7 Å². The Kier molecular flexibility index (Phi) is 10.8. The highest BCUT2D eigenvalue weighted by molar-refractivity contribution is 6.15. The van der Waals surface area contributed by atoms with E-state index in [9.17, 15) is 9.59 Å². The molecule has 10 heteroatoms. The number of hydrogen-bond acceptors (Lipinski definition) is 9. The molecule has 4 aromatic rings. The normalized spacial score (nSPS) is 19.8. The first-order valence-corrected chi connectivity index (χ1v) is 17.4. The minimum Gasteiger partial charge on any atom is -0.494 e. The third-order valence-electron chi connectivity index (χ3n) is 9.62. The monoisotopic (exact) mass is 661 g/mol. The van der Waals surface area contributed by atoms with E-state index in [2.05, 4.69) is 21.8 Å². The molecular formula is C39H47N7O3. The summed E-state index contributed by atoms with van der Waals surface area (Å²) in [4.78, 5) is 39.0. The van der Waals surface area contributed by atoms with E-state index in [0.29, 0.717) is 36.6 Å². The average Bonchev–Trinajstić information content (AvgIpc) is 3.41. The summed E-state index contributed by atoms with van der Waals surface area (Å²) >= 11 is 0. The van der Waals surface area contributed by atoms with Crippen molar-refractivity contribution in [3.8, 4) is 5.75 Å². The van der Waals surface area contributed by atoms with Crippen molar-refractivity contribution in [2.24, 2.45) is 22.9 Å². The first kappa shape index (κ1) is 34.0. The Balaban J connectivity index is 1.08. The third-order valence-corrected chi connectivity index (χ3v) is 9.62. The Hall–Kier alpha value is -4.83. The first-order chi connectivity index (χ1) is 23.8. The number of aromatic nitrogens is 2. The molecule has 10 nitrogen and oxygen atoms in total. The molecule has 1 amide bonds. The molecule has 6 rings (SSSR count). The number of nitrogens with one attached hydrogen (secondary N) is 2. The highest BCUT2D eigenvalue weighted by Crippen LogP contribution is 2.32. The summed E-state index contributed by atoms with van der Waals surface area (Å²) < 4.78 is 5.56. The van der Waals surface area contributed by atoms with Gasteiger partial charge in [0.2, 0.25) is 5.95 Å². The van der Waals surface area contributed by atoms with Crippen molar-refractivity contribution < 1.29 is 14.3 Å². The molecule has 1 aromatic heterocycles. The van der Waals surface area contributed by atoms with Crippen molar-refractivity contribution in [1.82, 2.24) is 15.3 Å². The van der Waals surface area contributed by atoms with Gasteiger partial charge in [-0.3, -0.25) is 9.59 Å². The Bertz CT molecular complexity index is 1770. The number of amides is 1. The second kappa shape index (κ2) is 15.6. The second-order valence-electron chi connectivity index (χ2n) is 13.4. The van der Waals surface area contributed by atoms with Crippen LogP contribution in [0, 0.1) is 17.8 Å². The van der Waals surface area contributed by atoms with Crippen LogP contribution in [0.3, 0.4) is 0 Å². The van der Waals surface area contributed by atoms with Gasteiger partial charge >= 0.3 is 0 Å². The van der Waals surface area contributed by atoms with Gasteiger partial charge in [-0.15, -0.1) is 0 Å². The molecule has 256 valence electrons. The largest absolute Gasteiger partial charge is 0.494 e. The predicted octanol–water partition coefficient (Wildman–Crippen LogP) is 6.58. The van der Waals surface area contributed by atoms with Gasteiger partial charge in [0.05, 0.1) is 23.7 Å². The van der Waals surface area contributed by atoms with Crippen LogP contribution in [0.5, 0.6) is 5.75 Å². The van der Waals surface area contributed by atoms with Crippen molar-refractivity contribution >= 4 is 45.8 Å². The fourth-order valence-corrected chi connectivity index (χ4v) is 7.08. The van der Waals surface area contributed by atoms with Gasteiger partial charge in [0.25, 0.3) is 5.91 Å². The molecule has 1 fully saturated rings. The number of para-hydroxylation sites is 2. The maximum Gasteiger partial charge on any atom is 0.256 e. The number of fused-ring (bicyclic) bond motifs is 1. The van der Waals surface area contributed by atoms with E-state index >= 15 is 0 Å². The summed E-state index contributed by atoms with van der Waals surface area (Å²) in [5, 5.41) is 14.5. The number of benzene rings is 3. The molecule has 0 bridgehead atoms. The van der Waals surface area contributed by atoms with E-state index in [1.807, 2.05) is 106 Å². The fraction of sp³-hybridized carbons (Fsp3) is 0.410. The van der Waals surface area contributed by atoms with E-state index in [0.717, 1.165) is 66.1 Å². The minimum absolute atomic E-state index is 0.00789. The lowest BCUT2D eigenvalue weighted by atomic mass is 9.82. The van der Waals surface area contributed by atoms with Crippen LogP contribution in [0.15, 0.2) is 84.0 Å². The summed E-state index contributed by atoms with van der Waals surface area (Å²) in [6, 6.07) is 25.2. The van der Waals surface area contributed by atoms with Gasteiger partial charge in [0.15, 0.2) is 5.78 Å². The van der Waals surface area contributed by atoms with E-state index in [1.165, 1.54) is 5.01 Å². The molecule has 2 heterocycles. The number of hydrazone groups is 1. The van der Waals surface area contributed by atoms with Gasteiger partial charge in [-0.25, -0.2) is 9.99 Å². The average molecular weight is 662 g/mol. The standard InChI is InChI=1S/C39H47N7O3/c1-5-49-32-21-17-28(18-22-32)35(47)23-29(36-26(2)44-46(38(36)48)31-11-7-6-8-12-31)25-40-24-27-15-19-30(20-16-27)41-39-42-34-14-10-9-13-33(34)37(43-39)45(3)4/h6-14,17-18,21-22,27,29-30,36,40H,5,15-16,19-20,23-25H2,1-4H3,(H,41,42,43). The predicted molar refractivity (Wildman–Crippen MR) is 197 cm³/mol. The lowest BCUT2D eigenvalue weighted by Crippen LogP contribution is -2.40.